The number of sulfonamides is 1. The van der Waals surface area contributed by atoms with Gasteiger partial charge in [-0.05, 0) is 37.2 Å². The van der Waals surface area contributed by atoms with Crippen molar-refractivity contribution in [1.29, 1.82) is 0 Å². The summed E-state index contributed by atoms with van der Waals surface area (Å²) in [5.41, 5.74) is 1.75. The summed E-state index contributed by atoms with van der Waals surface area (Å²) in [6.07, 6.45) is 0. The van der Waals surface area contributed by atoms with Gasteiger partial charge in [0.1, 0.15) is 0 Å². The molecule has 2 rings (SSSR count). The van der Waals surface area contributed by atoms with Gasteiger partial charge in [0, 0.05) is 12.6 Å². The summed E-state index contributed by atoms with van der Waals surface area (Å²) in [6, 6.07) is 14.8. The van der Waals surface area contributed by atoms with Crippen LogP contribution in [0.2, 0.25) is 0 Å². The number of nitrogens with two attached hydrogens (primary N) is 1. The fourth-order valence-electron chi connectivity index (χ4n) is 2.54. The third-order valence-electron chi connectivity index (χ3n) is 4.29. The van der Waals surface area contributed by atoms with Gasteiger partial charge in [-0.25, -0.2) is 18.4 Å². The van der Waals surface area contributed by atoms with Crippen LogP contribution in [0.1, 0.15) is 24.1 Å². The predicted molar refractivity (Wildman–Crippen MR) is 106 cm³/mol. The normalized spacial score (nSPS) is 12.4. The first kappa shape index (κ1) is 21.5. The fraction of sp³-hybridized carbons (Fsp3) is 0.263. The summed E-state index contributed by atoms with van der Waals surface area (Å²) >= 11 is 0. The number of likely N-dealkylation sites (N-methyl/N-ethyl adjacent to an activating group) is 1. The number of imide groups is 1. The summed E-state index contributed by atoms with van der Waals surface area (Å²) in [5.74, 6) is -0.443. The van der Waals surface area contributed by atoms with Gasteiger partial charge in [0.25, 0.3) is 0 Å². The van der Waals surface area contributed by atoms with Crippen molar-refractivity contribution in [3.63, 3.8) is 0 Å². The number of nitrogens with one attached hydrogen (secondary N) is 2. The van der Waals surface area contributed by atoms with Crippen molar-refractivity contribution in [3.8, 4) is 0 Å². The predicted octanol–water partition coefficient (Wildman–Crippen LogP) is 1.35. The first-order valence-electron chi connectivity index (χ1n) is 8.61. The molecular formula is C19H24N4O4S. The van der Waals surface area contributed by atoms with E-state index in [1.807, 2.05) is 37.3 Å². The Morgan fingerprint density at radius 2 is 1.68 bits per heavy atom. The first-order valence-corrected chi connectivity index (χ1v) is 10.2. The number of benzene rings is 2. The van der Waals surface area contributed by atoms with Gasteiger partial charge in [-0.2, -0.15) is 0 Å². The average molecular weight is 404 g/mol. The van der Waals surface area contributed by atoms with Crippen LogP contribution in [0.5, 0.6) is 0 Å². The van der Waals surface area contributed by atoms with Crippen molar-refractivity contribution in [3.05, 3.63) is 65.7 Å². The molecule has 0 aliphatic carbocycles. The molecule has 0 bridgehead atoms. The smallest absolute Gasteiger partial charge is 0.321 e. The Morgan fingerprint density at radius 1 is 1.07 bits per heavy atom. The second kappa shape index (κ2) is 9.45. The average Bonchev–Trinajstić information content (AvgIpc) is 2.66. The summed E-state index contributed by atoms with van der Waals surface area (Å²) in [6.45, 7) is 2.19. The van der Waals surface area contributed by atoms with Crippen LogP contribution in [-0.2, 0) is 21.4 Å². The number of amides is 3. The number of primary sulfonamides is 1. The molecule has 0 aromatic heterocycles. The third kappa shape index (κ3) is 6.45. The molecule has 2 aromatic carbocycles. The standard InChI is InChI=1S/C19H24N4O4S/c1-14(16-8-10-17(11-9-16)28(20,26)27)23(2)13-18(24)22-19(25)21-12-15-6-4-3-5-7-15/h3-11,14H,12-13H2,1-2H3,(H2,20,26,27)(H2,21,22,24,25). The van der Waals surface area contributed by atoms with E-state index in [0.717, 1.165) is 11.1 Å². The molecule has 0 saturated heterocycles. The van der Waals surface area contributed by atoms with E-state index in [-0.39, 0.29) is 17.5 Å². The Balaban J connectivity index is 1.84. The Hall–Kier alpha value is -2.75. The van der Waals surface area contributed by atoms with Gasteiger partial charge < -0.3 is 5.32 Å². The maximum absolute atomic E-state index is 12.1. The minimum absolute atomic E-state index is 0.00311. The highest BCUT2D eigenvalue weighted by Gasteiger charge is 2.17. The van der Waals surface area contributed by atoms with E-state index in [1.165, 1.54) is 12.1 Å². The van der Waals surface area contributed by atoms with E-state index in [4.69, 9.17) is 5.14 Å². The minimum atomic E-state index is -3.75. The third-order valence-corrected chi connectivity index (χ3v) is 5.22. The number of carbonyl (C=O) groups excluding carboxylic acids is 2. The van der Waals surface area contributed by atoms with Crippen molar-refractivity contribution < 1.29 is 18.0 Å². The number of urea groups is 1. The molecular weight excluding hydrogens is 380 g/mol. The van der Waals surface area contributed by atoms with Gasteiger partial charge in [-0.3, -0.25) is 15.0 Å². The van der Waals surface area contributed by atoms with Gasteiger partial charge in [-0.15, -0.1) is 0 Å². The zero-order valence-electron chi connectivity index (χ0n) is 15.8. The van der Waals surface area contributed by atoms with E-state index < -0.39 is 22.0 Å². The Morgan fingerprint density at radius 3 is 2.25 bits per heavy atom. The minimum Gasteiger partial charge on any atom is -0.334 e. The first-order chi connectivity index (χ1) is 13.2. The summed E-state index contributed by atoms with van der Waals surface area (Å²) in [4.78, 5) is 25.7. The molecule has 0 saturated carbocycles. The molecule has 0 heterocycles. The quantitative estimate of drug-likeness (QED) is 0.643. The second-order valence-corrected chi connectivity index (χ2v) is 7.98. The summed E-state index contributed by atoms with van der Waals surface area (Å²) < 4.78 is 22.6. The lowest BCUT2D eigenvalue weighted by Gasteiger charge is -2.24. The highest BCUT2D eigenvalue weighted by atomic mass is 32.2. The lowest BCUT2D eigenvalue weighted by Crippen LogP contribution is -2.43. The number of rotatable bonds is 7. The van der Waals surface area contributed by atoms with Crippen LogP contribution in [0.15, 0.2) is 59.5 Å². The molecule has 4 N–H and O–H groups in total. The second-order valence-electron chi connectivity index (χ2n) is 6.42. The summed E-state index contributed by atoms with van der Waals surface area (Å²) in [7, 11) is -2.01. The summed E-state index contributed by atoms with van der Waals surface area (Å²) in [5, 5.41) is 10.0. The van der Waals surface area contributed by atoms with Gasteiger partial charge in [0.15, 0.2) is 0 Å². The van der Waals surface area contributed by atoms with E-state index in [0.29, 0.717) is 6.54 Å². The van der Waals surface area contributed by atoms with Gasteiger partial charge in [-0.1, -0.05) is 42.5 Å². The van der Waals surface area contributed by atoms with Crippen molar-refractivity contribution in [1.82, 2.24) is 15.5 Å². The van der Waals surface area contributed by atoms with E-state index in [1.54, 1.807) is 24.1 Å². The molecule has 1 atom stereocenters. The number of hydrogen-bond acceptors (Lipinski definition) is 5. The maximum Gasteiger partial charge on any atom is 0.321 e. The number of carbonyl (C=O) groups is 2. The molecule has 0 aliphatic rings. The number of nitrogens with zero attached hydrogens (tertiary/aromatic N) is 1. The molecule has 0 spiro atoms. The van der Waals surface area contributed by atoms with Crippen molar-refractivity contribution in [2.45, 2.75) is 24.4 Å². The lowest BCUT2D eigenvalue weighted by atomic mass is 10.1. The van der Waals surface area contributed by atoms with Crippen molar-refractivity contribution in [2.24, 2.45) is 5.14 Å². The van der Waals surface area contributed by atoms with Crippen LogP contribution in [0, 0.1) is 0 Å². The molecule has 3 amide bonds. The highest BCUT2D eigenvalue weighted by molar-refractivity contribution is 7.89. The van der Waals surface area contributed by atoms with Crippen molar-refractivity contribution >= 4 is 22.0 Å². The maximum atomic E-state index is 12.1. The highest BCUT2D eigenvalue weighted by Crippen LogP contribution is 2.20. The Labute approximate surface area is 164 Å². The molecule has 28 heavy (non-hydrogen) atoms. The fourth-order valence-corrected chi connectivity index (χ4v) is 3.06. The van der Waals surface area contributed by atoms with Gasteiger partial charge >= 0.3 is 6.03 Å². The monoisotopic (exact) mass is 404 g/mol. The number of hydrogen-bond donors (Lipinski definition) is 3. The van der Waals surface area contributed by atoms with E-state index >= 15 is 0 Å². The van der Waals surface area contributed by atoms with Crippen molar-refractivity contribution in [2.75, 3.05) is 13.6 Å². The molecule has 2 aromatic rings. The zero-order chi connectivity index (χ0) is 20.7. The van der Waals surface area contributed by atoms with E-state index in [9.17, 15) is 18.0 Å². The van der Waals surface area contributed by atoms with E-state index in [2.05, 4.69) is 10.6 Å². The molecule has 0 radical (unpaired) electrons. The van der Waals surface area contributed by atoms with Crippen LogP contribution in [-0.4, -0.2) is 38.8 Å². The van der Waals surface area contributed by atoms with Crippen LogP contribution in [0.3, 0.4) is 0 Å². The van der Waals surface area contributed by atoms with Crippen LogP contribution in [0.4, 0.5) is 4.79 Å². The van der Waals surface area contributed by atoms with Gasteiger partial charge in [0.2, 0.25) is 15.9 Å². The molecule has 1 unspecified atom stereocenters. The van der Waals surface area contributed by atoms with Crippen LogP contribution < -0.4 is 15.8 Å². The van der Waals surface area contributed by atoms with Gasteiger partial charge in [0.05, 0.1) is 11.4 Å². The molecule has 8 nitrogen and oxygen atoms in total. The Bertz CT molecular complexity index is 915. The largest absolute Gasteiger partial charge is 0.334 e. The SMILES string of the molecule is CC(c1ccc(S(N)(=O)=O)cc1)N(C)CC(=O)NC(=O)NCc1ccccc1. The topological polar surface area (TPSA) is 122 Å². The molecule has 150 valence electrons. The Kier molecular flexibility index (Phi) is 7.27. The molecule has 9 heteroatoms. The lowest BCUT2D eigenvalue weighted by molar-refractivity contribution is -0.121. The molecule has 0 fully saturated rings. The van der Waals surface area contributed by atoms with Crippen LogP contribution in [0.25, 0.3) is 0 Å². The molecule has 0 aliphatic heterocycles. The zero-order valence-corrected chi connectivity index (χ0v) is 16.6. The van der Waals surface area contributed by atoms with Crippen LogP contribution >= 0.6 is 0 Å².